The number of thiazole rings is 1. The Bertz CT molecular complexity index is 337. The second-order valence-corrected chi connectivity index (χ2v) is 4.06. The van der Waals surface area contributed by atoms with E-state index < -0.39 is 0 Å². The summed E-state index contributed by atoms with van der Waals surface area (Å²) in [5.74, 6) is 0. The Morgan fingerprint density at radius 2 is 2.64 bits per heavy atom. The average molecular weight is 210 g/mol. The number of aromatic nitrogens is 1. The van der Waals surface area contributed by atoms with Crippen molar-refractivity contribution in [3.8, 4) is 0 Å². The maximum Gasteiger partial charge on any atom is 0.317 e. The lowest BCUT2D eigenvalue weighted by Gasteiger charge is -2.25. The third kappa shape index (κ3) is 1.72. The third-order valence-electron chi connectivity index (χ3n) is 2.24. The number of amides is 2. The van der Waals surface area contributed by atoms with Gasteiger partial charge in [-0.2, -0.15) is 0 Å². The van der Waals surface area contributed by atoms with Crippen LogP contribution in [0.25, 0.3) is 0 Å². The van der Waals surface area contributed by atoms with Gasteiger partial charge in [0.25, 0.3) is 0 Å². The van der Waals surface area contributed by atoms with Crippen molar-refractivity contribution in [2.75, 3.05) is 13.1 Å². The largest absolute Gasteiger partial charge is 0.338 e. The van der Waals surface area contributed by atoms with Gasteiger partial charge in [-0.05, 0) is 6.92 Å². The van der Waals surface area contributed by atoms with E-state index in [1.54, 1.807) is 0 Å². The van der Waals surface area contributed by atoms with Crippen molar-refractivity contribution in [2.24, 2.45) is 0 Å². The predicted octanol–water partition coefficient (Wildman–Crippen LogP) is 1.03. The summed E-state index contributed by atoms with van der Waals surface area (Å²) in [5, 5.41) is 2.80. The average Bonchev–Trinajstić information content (AvgIpc) is 2.64. The molecule has 0 aromatic carbocycles. The first-order chi connectivity index (χ1) is 6.81. The van der Waals surface area contributed by atoms with Gasteiger partial charge in [0.05, 0.1) is 12.2 Å². The molecule has 0 saturated heterocycles. The molecule has 4 nitrogen and oxygen atoms in total. The SMILES string of the molecule is CCNC(=O)N1CCc2n[c]sc2C1. The van der Waals surface area contributed by atoms with Crippen LogP contribution in [-0.4, -0.2) is 29.0 Å². The van der Waals surface area contributed by atoms with Crippen LogP contribution in [0.3, 0.4) is 0 Å². The molecule has 0 fully saturated rings. The zero-order valence-electron chi connectivity index (χ0n) is 8.04. The molecule has 2 rings (SSSR count). The number of rotatable bonds is 1. The summed E-state index contributed by atoms with van der Waals surface area (Å²) < 4.78 is 0. The molecule has 0 bridgehead atoms. The number of nitrogens with zero attached hydrogens (tertiary/aromatic N) is 2. The molecule has 0 saturated carbocycles. The first kappa shape index (κ1) is 9.45. The monoisotopic (exact) mass is 210 g/mol. The number of carbonyl (C=O) groups excluding carboxylic acids is 1. The van der Waals surface area contributed by atoms with Crippen molar-refractivity contribution in [2.45, 2.75) is 19.9 Å². The lowest BCUT2D eigenvalue weighted by molar-refractivity contribution is 0.193. The fourth-order valence-corrected chi connectivity index (χ4v) is 2.25. The number of nitrogens with one attached hydrogen (secondary N) is 1. The maximum absolute atomic E-state index is 11.5. The van der Waals surface area contributed by atoms with Crippen LogP contribution >= 0.6 is 11.3 Å². The van der Waals surface area contributed by atoms with E-state index in [1.807, 2.05) is 11.8 Å². The van der Waals surface area contributed by atoms with Crippen LogP contribution < -0.4 is 5.32 Å². The van der Waals surface area contributed by atoms with Gasteiger partial charge in [0, 0.05) is 24.4 Å². The van der Waals surface area contributed by atoms with Gasteiger partial charge in [-0.3, -0.25) is 0 Å². The second-order valence-electron chi connectivity index (χ2n) is 3.18. The normalized spacial score (nSPS) is 15.1. The van der Waals surface area contributed by atoms with Gasteiger partial charge in [0.1, 0.15) is 0 Å². The minimum Gasteiger partial charge on any atom is -0.338 e. The number of fused-ring (bicyclic) bond motifs is 1. The first-order valence-corrected chi connectivity index (χ1v) is 5.50. The Hall–Kier alpha value is -1.10. The van der Waals surface area contributed by atoms with Gasteiger partial charge in [0.15, 0.2) is 5.51 Å². The van der Waals surface area contributed by atoms with Crippen LogP contribution in [-0.2, 0) is 13.0 Å². The molecular weight excluding hydrogens is 198 g/mol. The van der Waals surface area contributed by atoms with Crippen LogP contribution in [0.5, 0.6) is 0 Å². The number of hydrogen-bond donors (Lipinski definition) is 1. The zero-order chi connectivity index (χ0) is 9.97. The predicted molar refractivity (Wildman–Crippen MR) is 54.1 cm³/mol. The van der Waals surface area contributed by atoms with E-state index >= 15 is 0 Å². The van der Waals surface area contributed by atoms with Crippen LogP contribution in [0.1, 0.15) is 17.5 Å². The first-order valence-electron chi connectivity index (χ1n) is 4.68. The van der Waals surface area contributed by atoms with E-state index in [-0.39, 0.29) is 6.03 Å². The molecular formula is C9H12N3OS. The molecule has 75 valence electrons. The summed E-state index contributed by atoms with van der Waals surface area (Å²) in [5.41, 5.74) is 3.97. The quantitative estimate of drug-likeness (QED) is 0.752. The molecule has 0 spiro atoms. The van der Waals surface area contributed by atoms with Crippen molar-refractivity contribution in [1.29, 1.82) is 0 Å². The Labute approximate surface area is 86.9 Å². The summed E-state index contributed by atoms with van der Waals surface area (Å²) in [6, 6.07) is 0.0200. The number of carbonyl (C=O) groups is 1. The summed E-state index contributed by atoms with van der Waals surface area (Å²) in [4.78, 5) is 18.6. The van der Waals surface area contributed by atoms with E-state index in [2.05, 4.69) is 15.8 Å². The molecule has 1 aliphatic rings. The fraction of sp³-hybridized carbons (Fsp3) is 0.556. The molecule has 5 heteroatoms. The molecule has 1 aromatic heterocycles. The zero-order valence-corrected chi connectivity index (χ0v) is 8.86. The fourth-order valence-electron chi connectivity index (χ4n) is 1.50. The Morgan fingerprint density at radius 3 is 3.43 bits per heavy atom. The molecule has 0 aliphatic carbocycles. The van der Waals surface area contributed by atoms with Crippen molar-refractivity contribution in [3.05, 3.63) is 16.1 Å². The lowest BCUT2D eigenvalue weighted by atomic mass is 10.2. The second kappa shape index (κ2) is 3.96. The maximum atomic E-state index is 11.5. The van der Waals surface area contributed by atoms with Crippen LogP contribution in [0.15, 0.2) is 0 Å². The molecule has 1 radical (unpaired) electrons. The standard InChI is InChI=1S/C9H12N3OS/c1-2-10-9(13)12-4-3-7-8(5-12)14-6-11-7/h2-5H2,1H3,(H,10,13). The molecule has 1 N–H and O–H groups in total. The van der Waals surface area contributed by atoms with Gasteiger partial charge in [-0.15, -0.1) is 11.3 Å². The highest BCUT2D eigenvalue weighted by Crippen LogP contribution is 2.20. The Balaban J connectivity index is 2.04. The van der Waals surface area contributed by atoms with E-state index in [9.17, 15) is 4.79 Å². The molecule has 2 amide bonds. The van der Waals surface area contributed by atoms with E-state index in [4.69, 9.17) is 0 Å². The summed E-state index contributed by atoms with van der Waals surface area (Å²) in [6.45, 7) is 4.05. The number of hydrogen-bond acceptors (Lipinski definition) is 3. The molecule has 14 heavy (non-hydrogen) atoms. The topological polar surface area (TPSA) is 45.2 Å². The van der Waals surface area contributed by atoms with Gasteiger partial charge in [-0.1, -0.05) is 0 Å². The van der Waals surface area contributed by atoms with E-state index in [0.717, 1.165) is 18.7 Å². The van der Waals surface area contributed by atoms with Crippen molar-refractivity contribution in [1.82, 2.24) is 15.2 Å². The van der Waals surface area contributed by atoms with Crippen molar-refractivity contribution >= 4 is 17.4 Å². The summed E-state index contributed by atoms with van der Waals surface area (Å²) >= 11 is 1.51. The van der Waals surface area contributed by atoms with Gasteiger partial charge < -0.3 is 10.2 Å². The Kier molecular flexibility index (Phi) is 2.67. The smallest absolute Gasteiger partial charge is 0.317 e. The molecule has 0 atom stereocenters. The van der Waals surface area contributed by atoms with Gasteiger partial charge in [0.2, 0.25) is 0 Å². The minimum atomic E-state index is 0.0200. The van der Waals surface area contributed by atoms with Gasteiger partial charge >= 0.3 is 6.03 Å². The third-order valence-corrected chi connectivity index (χ3v) is 3.03. The highest BCUT2D eigenvalue weighted by molar-refractivity contribution is 7.09. The van der Waals surface area contributed by atoms with E-state index in [1.165, 1.54) is 16.2 Å². The van der Waals surface area contributed by atoms with E-state index in [0.29, 0.717) is 13.1 Å². The highest BCUT2D eigenvalue weighted by atomic mass is 32.1. The minimum absolute atomic E-state index is 0.0200. The summed E-state index contributed by atoms with van der Waals surface area (Å²) in [6.07, 6.45) is 0.854. The molecule has 0 unspecified atom stereocenters. The van der Waals surface area contributed by atoms with Gasteiger partial charge in [-0.25, -0.2) is 9.78 Å². The van der Waals surface area contributed by atoms with Crippen LogP contribution in [0.2, 0.25) is 0 Å². The number of urea groups is 1. The Morgan fingerprint density at radius 1 is 1.79 bits per heavy atom. The molecule has 1 aliphatic heterocycles. The van der Waals surface area contributed by atoms with Crippen LogP contribution in [0.4, 0.5) is 4.79 Å². The van der Waals surface area contributed by atoms with Crippen molar-refractivity contribution in [3.63, 3.8) is 0 Å². The molecule has 1 aromatic rings. The van der Waals surface area contributed by atoms with Crippen LogP contribution in [0, 0.1) is 5.51 Å². The molecule has 2 heterocycles. The lowest BCUT2D eigenvalue weighted by Crippen LogP contribution is -2.42. The highest BCUT2D eigenvalue weighted by Gasteiger charge is 2.21. The summed E-state index contributed by atoms with van der Waals surface area (Å²) in [7, 11) is 0. The van der Waals surface area contributed by atoms with Crippen molar-refractivity contribution < 1.29 is 4.79 Å².